The van der Waals surface area contributed by atoms with Gasteiger partial charge in [0, 0.05) is 4.47 Å². The molecular weight excluding hydrogens is 316 g/mol. The zero-order valence-electron chi connectivity index (χ0n) is 11.6. The fraction of sp³-hybridized carbons (Fsp3) is 0.471. The van der Waals surface area contributed by atoms with E-state index in [1.54, 1.807) is 0 Å². The van der Waals surface area contributed by atoms with E-state index in [0.717, 1.165) is 23.7 Å². The van der Waals surface area contributed by atoms with Gasteiger partial charge >= 0.3 is 5.97 Å². The van der Waals surface area contributed by atoms with Crippen LogP contribution in [0.15, 0.2) is 40.4 Å². The van der Waals surface area contributed by atoms with Crippen molar-refractivity contribution in [3.63, 3.8) is 0 Å². The van der Waals surface area contributed by atoms with Gasteiger partial charge in [0.25, 0.3) is 0 Å². The molecule has 1 aromatic rings. The highest BCUT2D eigenvalue weighted by Crippen LogP contribution is 2.48. The number of ether oxygens (including phenoxy) is 1. The summed E-state index contributed by atoms with van der Waals surface area (Å²) in [6, 6.07) is 8.51. The van der Waals surface area contributed by atoms with Crippen LogP contribution in [0, 0.1) is 17.8 Å². The standard InChI is InChI=1S/C17H19BrO2/c1-2-20-17(19)16-10-13-9-14(16)8-12(13)7-11-3-5-15(18)6-4-11/h3-6,8,13-14,16H,2,7,9-10H2,1H3/t13-,14+,16-/m1/s1. The summed E-state index contributed by atoms with van der Waals surface area (Å²) in [5, 5.41) is 0. The van der Waals surface area contributed by atoms with Gasteiger partial charge in [-0.2, -0.15) is 0 Å². The maximum Gasteiger partial charge on any atom is 0.309 e. The van der Waals surface area contributed by atoms with Crippen LogP contribution in [0.2, 0.25) is 0 Å². The third-order valence-corrected chi connectivity index (χ3v) is 5.00. The molecule has 0 N–H and O–H groups in total. The maximum atomic E-state index is 11.9. The number of benzene rings is 1. The number of carbonyl (C=O) groups is 1. The summed E-state index contributed by atoms with van der Waals surface area (Å²) >= 11 is 3.46. The second-order valence-corrected chi connectivity index (χ2v) is 6.65. The molecule has 20 heavy (non-hydrogen) atoms. The normalized spacial score (nSPS) is 27.5. The molecule has 0 saturated heterocycles. The Balaban J connectivity index is 1.67. The summed E-state index contributed by atoms with van der Waals surface area (Å²) in [4.78, 5) is 11.9. The lowest BCUT2D eigenvalue weighted by atomic mass is 9.87. The molecule has 1 aromatic carbocycles. The molecule has 2 nitrogen and oxygen atoms in total. The topological polar surface area (TPSA) is 26.3 Å². The van der Waals surface area contributed by atoms with Gasteiger partial charge in [0.2, 0.25) is 0 Å². The summed E-state index contributed by atoms with van der Waals surface area (Å²) in [7, 11) is 0. The van der Waals surface area contributed by atoms with E-state index >= 15 is 0 Å². The van der Waals surface area contributed by atoms with E-state index in [2.05, 4.69) is 46.3 Å². The van der Waals surface area contributed by atoms with Gasteiger partial charge in [-0.3, -0.25) is 4.79 Å². The molecule has 2 bridgehead atoms. The molecule has 106 valence electrons. The first kappa shape index (κ1) is 13.9. The number of fused-ring (bicyclic) bond motifs is 2. The van der Waals surface area contributed by atoms with Crippen molar-refractivity contribution >= 4 is 21.9 Å². The Morgan fingerprint density at radius 1 is 1.30 bits per heavy atom. The molecule has 0 heterocycles. The molecule has 0 aliphatic heterocycles. The second-order valence-electron chi connectivity index (χ2n) is 5.74. The fourth-order valence-corrected chi connectivity index (χ4v) is 3.79. The monoisotopic (exact) mass is 334 g/mol. The molecule has 1 fully saturated rings. The number of allylic oxidation sites excluding steroid dienone is 2. The lowest BCUT2D eigenvalue weighted by molar-refractivity contribution is -0.148. The molecule has 0 radical (unpaired) electrons. The summed E-state index contributed by atoms with van der Waals surface area (Å²) in [6.07, 6.45) is 5.46. The van der Waals surface area contributed by atoms with Crippen molar-refractivity contribution in [2.45, 2.75) is 26.2 Å². The first-order valence-corrected chi connectivity index (χ1v) is 8.08. The summed E-state index contributed by atoms with van der Waals surface area (Å²) < 4.78 is 6.29. The van der Waals surface area contributed by atoms with E-state index in [0.29, 0.717) is 18.4 Å². The predicted molar refractivity (Wildman–Crippen MR) is 82.3 cm³/mol. The molecule has 2 aliphatic carbocycles. The minimum Gasteiger partial charge on any atom is -0.466 e. The van der Waals surface area contributed by atoms with E-state index < -0.39 is 0 Å². The SMILES string of the molecule is CCOC(=O)[C@@H]1C[C@H]2C[C@@H]1C=C2Cc1ccc(Br)cc1. The number of hydrogen-bond acceptors (Lipinski definition) is 2. The third kappa shape index (κ3) is 2.69. The van der Waals surface area contributed by atoms with Gasteiger partial charge in [-0.25, -0.2) is 0 Å². The molecule has 0 spiro atoms. The van der Waals surface area contributed by atoms with Crippen LogP contribution in [0.25, 0.3) is 0 Å². The van der Waals surface area contributed by atoms with Gasteiger partial charge < -0.3 is 4.74 Å². The summed E-state index contributed by atoms with van der Waals surface area (Å²) in [6.45, 7) is 2.36. The van der Waals surface area contributed by atoms with Crippen LogP contribution < -0.4 is 0 Å². The molecule has 3 rings (SSSR count). The van der Waals surface area contributed by atoms with Crippen molar-refractivity contribution in [1.82, 2.24) is 0 Å². The third-order valence-electron chi connectivity index (χ3n) is 4.48. The fourth-order valence-electron chi connectivity index (χ4n) is 3.53. The molecule has 0 unspecified atom stereocenters. The highest BCUT2D eigenvalue weighted by molar-refractivity contribution is 9.10. The molecular formula is C17H19BrO2. The Bertz CT molecular complexity index is 532. The number of halogens is 1. The average Bonchev–Trinajstić information content (AvgIpc) is 3.01. The first-order chi connectivity index (χ1) is 9.67. The van der Waals surface area contributed by atoms with Crippen LogP contribution in [-0.4, -0.2) is 12.6 Å². The van der Waals surface area contributed by atoms with E-state index in [4.69, 9.17) is 4.74 Å². The minimum atomic E-state index is -0.000980. The highest BCUT2D eigenvalue weighted by Gasteiger charge is 2.44. The average molecular weight is 335 g/mol. The van der Waals surface area contributed by atoms with Gasteiger partial charge in [0.1, 0.15) is 0 Å². The summed E-state index contributed by atoms with van der Waals surface area (Å²) in [5.41, 5.74) is 2.86. The second kappa shape index (κ2) is 5.72. The quantitative estimate of drug-likeness (QED) is 0.611. The summed E-state index contributed by atoms with van der Waals surface area (Å²) in [5.74, 6) is 1.09. The van der Waals surface area contributed by atoms with Crippen LogP contribution in [0.5, 0.6) is 0 Å². The van der Waals surface area contributed by atoms with Crippen molar-refractivity contribution in [2.24, 2.45) is 17.8 Å². The van der Waals surface area contributed by atoms with E-state index in [1.165, 1.54) is 11.1 Å². The predicted octanol–water partition coefficient (Wildman–Crippen LogP) is 4.14. The number of rotatable bonds is 4. The van der Waals surface area contributed by atoms with Gasteiger partial charge in [-0.05, 0) is 55.7 Å². The molecule has 1 saturated carbocycles. The molecule has 3 atom stereocenters. The number of hydrogen-bond donors (Lipinski definition) is 0. The maximum absolute atomic E-state index is 11.9. The van der Waals surface area contributed by atoms with Crippen molar-refractivity contribution in [2.75, 3.05) is 6.61 Å². The zero-order valence-corrected chi connectivity index (χ0v) is 13.2. The Hall–Kier alpha value is -1.09. The largest absolute Gasteiger partial charge is 0.466 e. The van der Waals surface area contributed by atoms with Crippen molar-refractivity contribution < 1.29 is 9.53 Å². The van der Waals surface area contributed by atoms with E-state index in [9.17, 15) is 4.79 Å². The smallest absolute Gasteiger partial charge is 0.309 e. The van der Waals surface area contributed by atoms with E-state index in [1.807, 2.05) is 6.92 Å². The Morgan fingerprint density at radius 3 is 2.65 bits per heavy atom. The van der Waals surface area contributed by atoms with Crippen LogP contribution in [0.3, 0.4) is 0 Å². The van der Waals surface area contributed by atoms with Crippen LogP contribution in [0.4, 0.5) is 0 Å². The molecule has 2 aliphatic rings. The lowest BCUT2D eigenvalue weighted by Gasteiger charge is -2.20. The minimum absolute atomic E-state index is 0.000980. The molecule has 0 aromatic heterocycles. The van der Waals surface area contributed by atoms with Crippen molar-refractivity contribution in [1.29, 1.82) is 0 Å². The Kier molecular flexibility index (Phi) is 3.97. The van der Waals surface area contributed by atoms with Crippen LogP contribution in [-0.2, 0) is 16.0 Å². The lowest BCUT2D eigenvalue weighted by Crippen LogP contribution is -2.22. The van der Waals surface area contributed by atoms with Crippen molar-refractivity contribution in [3.8, 4) is 0 Å². The van der Waals surface area contributed by atoms with Gasteiger partial charge in [0.05, 0.1) is 12.5 Å². The number of esters is 1. The van der Waals surface area contributed by atoms with Gasteiger partial charge in [-0.1, -0.05) is 39.7 Å². The van der Waals surface area contributed by atoms with E-state index in [-0.39, 0.29) is 11.9 Å². The Morgan fingerprint density at radius 2 is 2.05 bits per heavy atom. The van der Waals surface area contributed by atoms with Crippen LogP contribution in [0.1, 0.15) is 25.3 Å². The van der Waals surface area contributed by atoms with Gasteiger partial charge in [0.15, 0.2) is 0 Å². The van der Waals surface area contributed by atoms with Crippen molar-refractivity contribution in [3.05, 3.63) is 46.0 Å². The molecule has 3 heteroatoms. The number of carbonyl (C=O) groups excluding carboxylic acids is 1. The highest BCUT2D eigenvalue weighted by atomic mass is 79.9. The first-order valence-electron chi connectivity index (χ1n) is 7.29. The Labute approximate surface area is 128 Å². The van der Waals surface area contributed by atoms with Gasteiger partial charge in [-0.15, -0.1) is 0 Å². The zero-order chi connectivity index (χ0) is 14.1. The van der Waals surface area contributed by atoms with Crippen LogP contribution >= 0.6 is 15.9 Å². The molecule has 0 amide bonds.